The zero-order valence-corrected chi connectivity index (χ0v) is 12.2. The van der Waals surface area contributed by atoms with E-state index < -0.39 is 6.09 Å². The first kappa shape index (κ1) is 15.4. The molecule has 0 unspecified atom stereocenters. The van der Waals surface area contributed by atoms with E-state index in [-0.39, 0.29) is 19.0 Å². The van der Waals surface area contributed by atoms with Crippen molar-refractivity contribution in [3.63, 3.8) is 0 Å². The van der Waals surface area contributed by atoms with Gasteiger partial charge in [-0.2, -0.15) is 0 Å². The highest BCUT2D eigenvalue weighted by Crippen LogP contribution is 2.17. The highest BCUT2D eigenvalue weighted by atomic mass is 16.4. The van der Waals surface area contributed by atoms with Crippen LogP contribution in [0.3, 0.4) is 0 Å². The average Bonchev–Trinajstić information content (AvgIpc) is 2.53. The van der Waals surface area contributed by atoms with E-state index in [0.29, 0.717) is 0 Å². The number of rotatable bonds is 3. The second kappa shape index (κ2) is 7.14. The van der Waals surface area contributed by atoms with Gasteiger partial charge in [-0.3, -0.25) is 9.69 Å². The fraction of sp³-hybridized carbons (Fsp3) is 0.176. The molecule has 2 rings (SSSR count). The number of nitrogens with one attached hydrogen (secondary N) is 1. The van der Waals surface area contributed by atoms with Crippen LogP contribution in [0.2, 0.25) is 0 Å². The van der Waals surface area contributed by atoms with Crippen molar-refractivity contribution in [2.75, 3.05) is 20.1 Å². The van der Waals surface area contributed by atoms with Crippen LogP contribution in [-0.4, -0.2) is 42.1 Å². The molecule has 0 saturated heterocycles. The number of hydrogen-bond acceptors (Lipinski definition) is 2. The van der Waals surface area contributed by atoms with Crippen molar-refractivity contribution < 1.29 is 14.7 Å². The number of carbonyl (C=O) groups is 2. The third kappa shape index (κ3) is 3.76. The maximum atomic E-state index is 11.3. The van der Waals surface area contributed by atoms with E-state index in [1.54, 1.807) is 0 Å². The Morgan fingerprint density at radius 1 is 1.18 bits per heavy atom. The highest BCUT2D eigenvalue weighted by molar-refractivity contribution is 5.88. The van der Waals surface area contributed by atoms with Gasteiger partial charge < -0.3 is 10.4 Å². The zero-order chi connectivity index (χ0) is 15.9. The van der Waals surface area contributed by atoms with Crippen molar-refractivity contribution in [3.05, 3.63) is 48.0 Å². The Bertz CT molecular complexity index is 754. The van der Waals surface area contributed by atoms with Crippen LogP contribution in [0, 0.1) is 11.8 Å². The van der Waals surface area contributed by atoms with Crippen molar-refractivity contribution in [1.82, 2.24) is 10.2 Å². The Morgan fingerprint density at radius 2 is 1.91 bits per heavy atom. The summed E-state index contributed by atoms with van der Waals surface area (Å²) in [5.41, 5.74) is 0.836. The molecule has 0 heterocycles. The van der Waals surface area contributed by atoms with Crippen LogP contribution in [0.4, 0.5) is 4.79 Å². The lowest BCUT2D eigenvalue weighted by atomic mass is 10.1. The number of amides is 2. The molecule has 0 bridgehead atoms. The van der Waals surface area contributed by atoms with E-state index in [1.807, 2.05) is 42.5 Å². The SMILES string of the molecule is CNC(=O)CN(CC#Cc1cccc2ccccc12)C(=O)O. The molecule has 0 fully saturated rings. The quantitative estimate of drug-likeness (QED) is 0.850. The molecule has 2 amide bonds. The first-order chi connectivity index (χ1) is 10.6. The standard InChI is InChI=1S/C17H16N2O3/c1-18-16(20)12-19(17(21)22)11-5-9-14-8-4-7-13-6-2-3-10-15(13)14/h2-4,6-8,10H,11-12H2,1H3,(H,18,20)(H,21,22). The minimum atomic E-state index is -1.17. The van der Waals surface area contributed by atoms with E-state index in [9.17, 15) is 9.59 Å². The molecule has 0 aliphatic rings. The molecule has 0 radical (unpaired) electrons. The average molecular weight is 296 g/mol. The number of carbonyl (C=O) groups excluding carboxylic acids is 1. The summed E-state index contributed by atoms with van der Waals surface area (Å²) in [4.78, 5) is 23.3. The first-order valence-electron chi connectivity index (χ1n) is 6.77. The molecule has 2 aromatic carbocycles. The van der Waals surface area contributed by atoms with E-state index in [2.05, 4.69) is 17.2 Å². The molecule has 0 aliphatic carbocycles. The van der Waals surface area contributed by atoms with E-state index in [1.165, 1.54) is 7.05 Å². The highest BCUT2D eigenvalue weighted by Gasteiger charge is 2.13. The molecule has 0 spiro atoms. The maximum absolute atomic E-state index is 11.3. The van der Waals surface area contributed by atoms with Gasteiger partial charge in [-0.05, 0) is 16.8 Å². The number of benzene rings is 2. The molecule has 0 atom stereocenters. The zero-order valence-electron chi connectivity index (χ0n) is 12.2. The van der Waals surface area contributed by atoms with Gasteiger partial charge in [0.25, 0.3) is 0 Å². The lowest BCUT2D eigenvalue weighted by Gasteiger charge is -2.14. The van der Waals surface area contributed by atoms with Crippen LogP contribution in [0.15, 0.2) is 42.5 Å². The molecular weight excluding hydrogens is 280 g/mol. The fourth-order valence-corrected chi connectivity index (χ4v) is 2.01. The molecule has 2 aromatic rings. The monoisotopic (exact) mass is 296 g/mol. The van der Waals surface area contributed by atoms with Gasteiger partial charge >= 0.3 is 6.09 Å². The molecule has 0 aliphatic heterocycles. The lowest BCUT2D eigenvalue weighted by molar-refractivity contribution is -0.121. The van der Waals surface area contributed by atoms with Gasteiger partial charge in [0.15, 0.2) is 0 Å². The van der Waals surface area contributed by atoms with Crippen LogP contribution in [0.5, 0.6) is 0 Å². The minimum absolute atomic E-state index is 0.0219. The van der Waals surface area contributed by atoms with Gasteiger partial charge in [-0.15, -0.1) is 0 Å². The fourth-order valence-electron chi connectivity index (χ4n) is 2.01. The molecule has 112 valence electrons. The predicted molar refractivity (Wildman–Crippen MR) is 84.5 cm³/mol. The second-order valence-electron chi connectivity index (χ2n) is 4.64. The second-order valence-corrected chi connectivity index (χ2v) is 4.64. The largest absolute Gasteiger partial charge is 0.465 e. The summed E-state index contributed by atoms with van der Waals surface area (Å²) < 4.78 is 0. The normalized spacial score (nSPS) is 9.68. The Kier molecular flexibility index (Phi) is 4.99. The van der Waals surface area contributed by atoms with Crippen molar-refractivity contribution in [2.24, 2.45) is 0 Å². The maximum Gasteiger partial charge on any atom is 0.408 e. The molecule has 5 heteroatoms. The summed E-state index contributed by atoms with van der Waals surface area (Å²) in [6, 6.07) is 13.6. The number of likely N-dealkylation sites (N-methyl/N-ethyl adjacent to an activating group) is 1. The van der Waals surface area contributed by atoms with Gasteiger partial charge in [-0.25, -0.2) is 4.79 Å². The molecular formula is C17H16N2O3. The summed E-state index contributed by atoms with van der Waals surface area (Å²) in [5.74, 6) is 5.43. The van der Waals surface area contributed by atoms with Crippen molar-refractivity contribution in [3.8, 4) is 11.8 Å². The molecule has 0 saturated carbocycles. The summed E-state index contributed by atoms with van der Waals surface area (Å²) in [7, 11) is 1.46. The number of fused-ring (bicyclic) bond motifs is 1. The molecule has 22 heavy (non-hydrogen) atoms. The van der Waals surface area contributed by atoms with Crippen LogP contribution < -0.4 is 5.32 Å². The van der Waals surface area contributed by atoms with Crippen LogP contribution in [0.1, 0.15) is 5.56 Å². The van der Waals surface area contributed by atoms with Crippen molar-refractivity contribution >= 4 is 22.8 Å². The van der Waals surface area contributed by atoms with Gasteiger partial charge in [0, 0.05) is 12.6 Å². The van der Waals surface area contributed by atoms with Gasteiger partial charge in [-0.1, -0.05) is 48.2 Å². The molecule has 0 aromatic heterocycles. The number of nitrogens with zero attached hydrogens (tertiary/aromatic N) is 1. The summed E-state index contributed by atoms with van der Waals surface area (Å²) in [5, 5.41) is 13.6. The number of hydrogen-bond donors (Lipinski definition) is 2. The van der Waals surface area contributed by atoms with Gasteiger partial charge in [0.1, 0.15) is 6.54 Å². The first-order valence-corrected chi connectivity index (χ1v) is 6.77. The predicted octanol–water partition coefficient (Wildman–Crippen LogP) is 1.92. The van der Waals surface area contributed by atoms with E-state index in [0.717, 1.165) is 21.2 Å². The van der Waals surface area contributed by atoms with Crippen LogP contribution >= 0.6 is 0 Å². The van der Waals surface area contributed by atoms with Gasteiger partial charge in [0.2, 0.25) is 5.91 Å². The Balaban J connectivity index is 2.17. The molecule has 5 nitrogen and oxygen atoms in total. The van der Waals surface area contributed by atoms with E-state index >= 15 is 0 Å². The van der Waals surface area contributed by atoms with Crippen molar-refractivity contribution in [1.29, 1.82) is 0 Å². The van der Waals surface area contributed by atoms with Crippen LogP contribution in [0.25, 0.3) is 10.8 Å². The Hall–Kier alpha value is -3.00. The summed E-state index contributed by atoms with van der Waals surface area (Å²) in [6.45, 7) is -0.248. The number of carboxylic acid groups (broad SMARTS) is 1. The topological polar surface area (TPSA) is 69.6 Å². The molecule has 2 N–H and O–H groups in total. The smallest absolute Gasteiger partial charge is 0.408 e. The van der Waals surface area contributed by atoms with Crippen LogP contribution in [-0.2, 0) is 4.79 Å². The Labute approximate surface area is 128 Å². The van der Waals surface area contributed by atoms with E-state index in [4.69, 9.17) is 5.11 Å². The minimum Gasteiger partial charge on any atom is -0.465 e. The third-order valence-corrected chi connectivity index (χ3v) is 3.17. The summed E-state index contributed by atoms with van der Waals surface area (Å²) in [6.07, 6.45) is -1.17. The Morgan fingerprint density at radius 3 is 2.64 bits per heavy atom. The third-order valence-electron chi connectivity index (χ3n) is 3.17. The summed E-state index contributed by atoms with van der Waals surface area (Å²) >= 11 is 0. The van der Waals surface area contributed by atoms with Gasteiger partial charge in [0.05, 0.1) is 6.54 Å². The van der Waals surface area contributed by atoms with Crippen molar-refractivity contribution in [2.45, 2.75) is 0 Å². The lowest BCUT2D eigenvalue weighted by Crippen LogP contribution is -2.39.